The predicted molar refractivity (Wildman–Crippen MR) is 54.9 cm³/mol. The molecule has 84 valence electrons. The molecule has 0 bridgehead atoms. The minimum atomic E-state index is -0.575. The first-order valence-electron chi connectivity index (χ1n) is 5.14. The zero-order valence-electron chi connectivity index (χ0n) is 9.27. The molecule has 4 heteroatoms. The van der Waals surface area contributed by atoms with Gasteiger partial charge >= 0.3 is 5.97 Å². The number of pyridine rings is 1. The molecule has 2 heterocycles. The Morgan fingerprint density at radius 1 is 1.56 bits per heavy atom. The van der Waals surface area contributed by atoms with Crippen LogP contribution in [0.5, 0.6) is 0 Å². The third-order valence-corrected chi connectivity index (χ3v) is 2.77. The Kier molecular flexibility index (Phi) is 2.64. The lowest BCUT2D eigenvalue weighted by molar-refractivity contribution is -0.597. The second-order valence-electron chi connectivity index (χ2n) is 3.86. The van der Waals surface area contributed by atoms with E-state index in [0.717, 1.165) is 5.69 Å². The van der Waals surface area contributed by atoms with Crippen LogP contribution in [0, 0.1) is 0 Å². The van der Waals surface area contributed by atoms with E-state index in [-0.39, 0.29) is 17.4 Å². The summed E-state index contributed by atoms with van der Waals surface area (Å²) in [5, 5.41) is 11.8. The summed E-state index contributed by atoms with van der Waals surface area (Å²) < 4.78 is 6.26. The summed E-state index contributed by atoms with van der Waals surface area (Å²) in [4.78, 5) is 11.5. The molecule has 0 saturated carbocycles. The highest BCUT2D eigenvalue weighted by atomic mass is 16.5. The maximum atomic E-state index is 11.8. The highest BCUT2D eigenvalue weighted by molar-refractivity contribution is 6.06. The maximum Gasteiger partial charge on any atom is 0.402 e. The standard InChI is InChI=1S/C12H13NO3/c1-8-7-10(14)11(12(15)16-2)13-6-4-3-5-9(8)13/h3-6,8H,7H2,1-2H3. The monoisotopic (exact) mass is 219 g/mol. The van der Waals surface area contributed by atoms with Crippen molar-refractivity contribution in [2.24, 2.45) is 0 Å². The molecule has 1 atom stereocenters. The quantitative estimate of drug-likeness (QED) is 0.500. The summed E-state index contributed by atoms with van der Waals surface area (Å²) in [6.45, 7) is 1.97. The zero-order chi connectivity index (χ0) is 11.7. The van der Waals surface area contributed by atoms with Gasteiger partial charge in [-0.2, -0.15) is 4.57 Å². The van der Waals surface area contributed by atoms with E-state index in [1.54, 1.807) is 16.8 Å². The average molecular weight is 219 g/mol. The zero-order valence-corrected chi connectivity index (χ0v) is 9.27. The van der Waals surface area contributed by atoms with Gasteiger partial charge in [-0.15, -0.1) is 0 Å². The van der Waals surface area contributed by atoms with E-state index in [0.29, 0.717) is 6.42 Å². The smallest absolute Gasteiger partial charge is 0.402 e. The Morgan fingerprint density at radius 3 is 3.00 bits per heavy atom. The molecule has 0 radical (unpaired) electrons. The Bertz CT molecular complexity index is 465. The van der Waals surface area contributed by atoms with E-state index in [9.17, 15) is 9.90 Å². The first-order chi connectivity index (χ1) is 7.65. The fourth-order valence-corrected chi connectivity index (χ4v) is 1.98. The first-order valence-corrected chi connectivity index (χ1v) is 5.14. The predicted octanol–water partition coefficient (Wildman–Crippen LogP) is 0.183. The van der Waals surface area contributed by atoms with Crippen LogP contribution in [0.2, 0.25) is 0 Å². The van der Waals surface area contributed by atoms with Crippen molar-refractivity contribution in [2.75, 3.05) is 7.11 Å². The summed E-state index contributed by atoms with van der Waals surface area (Å²) >= 11 is 0. The number of rotatable bonds is 1. The average Bonchev–Trinajstić information content (AvgIpc) is 2.28. The number of allylic oxidation sites excluding steroid dienone is 1. The number of carbonyl (C=O) groups is 1. The van der Waals surface area contributed by atoms with Crippen molar-refractivity contribution >= 4 is 11.7 Å². The molecule has 1 aromatic rings. The summed E-state index contributed by atoms with van der Waals surface area (Å²) in [6.07, 6.45) is 2.07. The molecule has 2 rings (SSSR count). The molecular formula is C12H13NO3. The van der Waals surface area contributed by atoms with Gasteiger partial charge in [0.15, 0.2) is 11.9 Å². The molecule has 0 amide bonds. The highest BCUT2D eigenvalue weighted by Gasteiger charge is 2.32. The lowest BCUT2D eigenvalue weighted by atomic mass is 9.96. The van der Waals surface area contributed by atoms with Crippen molar-refractivity contribution < 1.29 is 19.2 Å². The molecule has 0 spiro atoms. The van der Waals surface area contributed by atoms with Crippen LogP contribution in [0.4, 0.5) is 0 Å². The normalized spacial score (nSPS) is 19.2. The van der Waals surface area contributed by atoms with Crippen LogP contribution in [-0.4, -0.2) is 13.1 Å². The van der Waals surface area contributed by atoms with Crippen molar-refractivity contribution in [3.8, 4) is 0 Å². The summed E-state index contributed by atoms with van der Waals surface area (Å²) in [5.74, 6) is -0.612. The van der Waals surface area contributed by atoms with Gasteiger partial charge in [-0.25, -0.2) is 4.79 Å². The number of hydrogen-bond acceptors (Lipinski definition) is 3. The second kappa shape index (κ2) is 3.96. The van der Waals surface area contributed by atoms with E-state index < -0.39 is 5.97 Å². The number of methoxy groups -OCH3 is 1. The molecular weight excluding hydrogens is 206 g/mol. The summed E-state index contributed by atoms with van der Waals surface area (Å²) in [7, 11) is 1.28. The largest absolute Gasteiger partial charge is 0.871 e. The molecule has 0 aliphatic carbocycles. The van der Waals surface area contributed by atoms with Crippen LogP contribution in [0.1, 0.15) is 25.0 Å². The fourth-order valence-electron chi connectivity index (χ4n) is 1.98. The van der Waals surface area contributed by atoms with Gasteiger partial charge in [-0.1, -0.05) is 13.0 Å². The van der Waals surface area contributed by atoms with Crippen molar-refractivity contribution in [3.05, 3.63) is 35.8 Å². The van der Waals surface area contributed by atoms with Crippen LogP contribution in [0.25, 0.3) is 5.70 Å². The molecule has 0 aromatic carbocycles. The lowest BCUT2D eigenvalue weighted by Crippen LogP contribution is -2.46. The number of hydrogen-bond donors (Lipinski definition) is 0. The number of ether oxygens (including phenoxy) is 1. The van der Waals surface area contributed by atoms with Crippen LogP contribution < -0.4 is 9.67 Å². The SMILES string of the molecule is COC(=O)C1=C([O-])CC(C)c2cccc[n+]21. The minimum absolute atomic E-state index is 0.108. The molecule has 0 N–H and O–H groups in total. The van der Waals surface area contributed by atoms with Gasteiger partial charge in [-0.05, 0) is 12.2 Å². The van der Waals surface area contributed by atoms with Crippen molar-refractivity contribution in [1.29, 1.82) is 0 Å². The Labute approximate surface area is 93.8 Å². The number of aromatic nitrogens is 1. The van der Waals surface area contributed by atoms with Gasteiger partial charge in [0.1, 0.15) is 0 Å². The van der Waals surface area contributed by atoms with Gasteiger partial charge in [0.05, 0.1) is 7.11 Å². The van der Waals surface area contributed by atoms with Crippen molar-refractivity contribution in [1.82, 2.24) is 0 Å². The molecule has 1 unspecified atom stereocenters. The lowest BCUT2D eigenvalue weighted by Gasteiger charge is -2.23. The van der Waals surface area contributed by atoms with Gasteiger partial charge in [0.2, 0.25) is 0 Å². The minimum Gasteiger partial charge on any atom is -0.871 e. The van der Waals surface area contributed by atoms with E-state index in [4.69, 9.17) is 0 Å². The van der Waals surface area contributed by atoms with Gasteiger partial charge in [0, 0.05) is 18.1 Å². The van der Waals surface area contributed by atoms with E-state index in [1.165, 1.54) is 7.11 Å². The van der Waals surface area contributed by atoms with Gasteiger partial charge < -0.3 is 9.84 Å². The van der Waals surface area contributed by atoms with E-state index >= 15 is 0 Å². The highest BCUT2D eigenvalue weighted by Crippen LogP contribution is 2.25. The first kappa shape index (κ1) is 10.7. The molecule has 0 saturated heterocycles. The van der Waals surface area contributed by atoms with Crippen LogP contribution >= 0.6 is 0 Å². The van der Waals surface area contributed by atoms with Crippen molar-refractivity contribution in [3.63, 3.8) is 0 Å². The van der Waals surface area contributed by atoms with E-state index in [2.05, 4.69) is 4.74 Å². The van der Waals surface area contributed by atoms with Crippen LogP contribution in [-0.2, 0) is 9.53 Å². The molecule has 1 aromatic heterocycles. The Hall–Kier alpha value is -1.84. The Balaban J connectivity index is 2.60. The molecule has 1 aliphatic rings. The summed E-state index contributed by atoms with van der Waals surface area (Å²) in [6, 6.07) is 5.60. The number of nitrogens with zero attached hydrogens (tertiary/aromatic N) is 1. The number of carbonyl (C=O) groups excluding carboxylic acids is 1. The topological polar surface area (TPSA) is 53.2 Å². The molecule has 1 aliphatic heterocycles. The summed E-state index contributed by atoms with van der Waals surface area (Å²) in [5.41, 5.74) is 1.07. The maximum absolute atomic E-state index is 11.8. The second-order valence-corrected chi connectivity index (χ2v) is 3.86. The molecule has 16 heavy (non-hydrogen) atoms. The third-order valence-electron chi connectivity index (χ3n) is 2.77. The number of fused-ring (bicyclic) bond motifs is 1. The van der Waals surface area contributed by atoms with Crippen LogP contribution in [0.15, 0.2) is 30.2 Å². The number of esters is 1. The van der Waals surface area contributed by atoms with E-state index in [1.807, 2.05) is 19.1 Å². The van der Waals surface area contributed by atoms with Gasteiger partial charge in [0.25, 0.3) is 5.70 Å². The van der Waals surface area contributed by atoms with Gasteiger partial charge in [-0.3, -0.25) is 0 Å². The fraction of sp³-hybridized carbons (Fsp3) is 0.333. The Morgan fingerprint density at radius 2 is 2.31 bits per heavy atom. The third kappa shape index (κ3) is 1.56. The van der Waals surface area contributed by atoms with Crippen LogP contribution in [0.3, 0.4) is 0 Å². The van der Waals surface area contributed by atoms with Crippen molar-refractivity contribution in [2.45, 2.75) is 19.3 Å². The molecule has 0 fully saturated rings. The molecule has 4 nitrogen and oxygen atoms in total.